The zero-order chi connectivity index (χ0) is 34.6. The van der Waals surface area contributed by atoms with Crippen LogP contribution in [0.4, 0.5) is 16.0 Å². The summed E-state index contributed by atoms with van der Waals surface area (Å²) in [5, 5.41) is 13.0. The average Bonchev–Trinajstić information content (AvgIpc) is 3.73. The lowest BCUT2D eigenvalue weighted by Crippen LogP contribution is -2.49. The number of fused-ring (bicyclic) bond motifs is 1. The molecule has 0 unspecified atom stereocenters. The zero-order valence-corrected chi connectivity index (χ0v) is 28.5. The minimum Gasteiger partial charge on any atom is -0.389 e. The van der Waals surface area contributed by atoms with Gasteiger partial charge in [-0.2, -0.15) is 8.70 Å². The third-order valence-corrected chi connectivity index (χ3v) is 10.7. The van der Waals surface area contributed by atoms with Gasteiger partial charge in [0.2, 0.25) is 11.9 Å². The number of aliphatic hydroxyl groups is 1. The molecule has 1 saturated heterocycles. The van der Waals surface area contributed by atoms with E-state index in [1.807, 2.05) is 0 Å². The number of aromatic nitrogens is 4. The monoisotopic (exact) mass is 715 g/mol. The first-order valence-electron chi connectivity index (χ1n) is 15.1. The van der Waals surface area contributed by atoms with E-state index in [0.29, 0.717) is 28.8 Å². The number of hydrogen-bond donors (Lipinski definition) is 2. The maximum Gasteiger partial charge on any atom is 0.308 e. The Labute approximate surface area is 286 Å². The Morgan fingerprint density at radius 2 is 1.71 bits per heavy atom. The Hall–Kier alpha value is -3.95. The van der Waals surface area contributed by atoms with Gasteiger partial charge in [0.15, 0.2) is 5.03 Å². The van der Waals surface area contributed by atoms with E-state index in [4.69, 9.17) is 23.2 Å². The molecule has 1 fully saturated rings. The lowest BCUT2D eigenvalue weighted by molar-refractivity contribution is -0.125. The molecule has 2 aliphatic rings. The van der Waals surface area contributed by atoms with Crippen molar-refractivity contribution in [3.63, 3.8) is 0 Å². The molecule has 252 valence electrons. The molecule has 0 radical (unpaired) electrons. The third-order valence-electron chi connectivity index (χ3n) is 8.40. The standard InChI is InChI=1S/C32H32Cl2FN7O5S/c1-31(2,45)18-39-27(43)25-5-4-10-40(25)48(46,47)26-17-38-30-41(24-12-22(33)11-23(34)13-24)28(44)32(3,42(26)30)14-19-6-8-20(9-7-19)21-15-36-29(35)37-16-21/h6-9,11-13,15-17,25,45H,4-5,10,14,18H2,1-3H3,(H,39,43)/t25-,32+/m0/s1. The van der Waals surface area contributed by atoms with Crippen LogP contribution >= 0.6 is 23.2 Å². The van der Waals surface area contributed by atoms with Crippen LogP contribution in [0.25, 0.3) is 11.1 Å². The highest BCUT2D eigenvalue weighted by atomic mass is 35.5. The van der Waals surface area contributed by atoms with Crippen molar-refractivity contribution in [2.24, 2.45) is 0 Å². The Morgan fingerprint density at radius 3 is 2.33 bits per heavy atom. The minimum absolute atomic E-state index is 0.0433. The number of rotatable bonds is 9. The molecule has 2 aromatic carbocycles. The number of carbonyl (C=O) groups is 2. The van der Waals surface area contributed by atoms with Crippen LogP contribution in [-0.4, -0.2) is 73.9 Å². The van der Waals surface area contributed by atoms with Crippen molar-refractivity contribution < 1.29 is 27.5 Å². The van der Waals surface area contributed by atoms with Crippen LogP contribution in [0.3, 0.4) is 0 Å². The van der Waals surface area contributed by atoms with Gasteiger partial charge in [-0.25, -0.2) is 28.3 Å². The van der Waals surface area contributed by atoms with Crippen LogP contribution in [0.5, 0.6) is 0 Å². The third kappa shape index (κ3) is 6.30. The van der Waals surface area contributed by atoms with E-state index in [1.54, 1.807) is 31.2 Å². The highest BCUT2D eigenvalue weighted by Gasteiger charge is 2.53. The Balaban J connectivity index is 1.41. The fraction of sp³-hybridized carbons (Fsp3) is 0.344. The van der Waals surface area contributed by atoms with Gasteiger partial charge in [0.25, 0.3) is 15.9 Å². The Morgan fingerprint density at radius 1 is 1.06 bits per heavy atom. The number of anilines is 2. The van der Waals surface area contributed by atoms with E-state index in [1.165, 1.54) is 60.1 Å². The lowest BCUT2D eigenvalue weighted by atomic mass is 9.91. The number of benzene rings is 2. The molecule has 2 amide bonds. The van der Waals surface area contributed by atoms with E-state index >= 15 is 0 Å². The summed E-state index contributed by atoms with van der Waals surface area (Å²) >= 11 is 12.6. The molecule has 2 N–H and O–H groups in total. The van der Waals surface area contributed by atoms with Gasteiger partial charge in [0, 0.05) is 47.5 Å². The molecule has 12 nitrogen and oxygen atoms in total. The van der Waals surface area contributed by atoms with E-state index in [9.17, 15) is 27.5 Å². The molecule has 0 aliphatic carbocycles. The van der Waals surface area contributed by atoms with Gasteiger partial charge >= 0.3 is 6.08 Å². The number of sulfonamides is 1. The summed E-state index contributed by atoms with van der Waals surface area (Å²) in [6.45, 7) is 4.72. The fourth-order valence-electron chi connectivity index (χ4n) is 6.12. The normalized spacial score (nSPS) is 19.9. The summed E-state index contributed by atoms with van der Waals surface area (Å²) in [6, 6.07) is 10.7. The molecule has 2 aliphatic heterocycles. The minimum atomic E-state index is -4.39. The second-order valence-corrected chi connectivity index (χ2v) is 15.4. The summed E-state index contributed by atoms with van der Waals surface area (Å²) in [6.07, 6.45) is 3.85. The summed E-state index contributed by atoms with van der Waals surface area (Å²) in [7, 11) is -4.39. The first-order chi connectivity index (χ1) is 22.6. The van der Waals surface area contributed by atoms with E-state index in [-0.39, 0.29) is 47.0 Å². The summed E-state index contributed by atoms with van der Waals surface area (Å²) in [5.41, 5.74) is -0.407. The number of hydrogen-bond acceptors (Lipinski definition) is 8. The highest BCUT2D eigenvalue weighted by molar-refractivity contribution is 7.89. The van der Waals surface area contributed by atoms with Gasteiger partial charge in [0.05, 0.1) is 17.5 Å². The van der Waals surface area contributed by atoms with Crippen LogP contribution in [0, 0.1) is 6.08 Å². The molecule has 2 atom stereocenters. The number of nitrogens with one attached hydrogen (secondary N) is 1. The molecule has 2 aromatic heterocycles. The average molecular weight is 717 g/mol. The first-order valence-corrected chi connectivity index (χ1v) is 17.3. The van der Waals surface area contributed by atoms with Gasteiger partial charge in [-0.1, -0.05) is 47.5 Å². The van der Waals surface area contributed by atoms with Crippen LogP contribution in [0.2, 0.25) is 10.0 Å². The predicted molar refractivity (Wildman–Crippen MR) is 177 cm³/mol. The molecule has 0 bridgehead atoms. The smallest absolute Gasteiger partial charge is 0.308 e. The molecule has 0 saturated carbocycles. The van der Waals surface area contributed by atoms with E-state index < -0.39 is 45.1 Å². The van der Waals surface area contributed by atoms with Crippen molar-refractivity contribution >= 4 is 56.7 Å². The van der Waals surface area contributed by atoms with Gasteiger partial charge < -0.3 is 10.4 Å². The van der Waals surface area contributed by atoms with Crippen molar-refractivity contribution in [2.75, 3.05) is 18.0 Å². The van der Waals surface area contributed by atoms with Crippen molar-refractivity contribution in [3.8, 4) is 11.1 Å². The first kappa shape index (κ1) is 33.9. The number of imidazole rings is 1. The zero-order valence-electron chi connectivity index (χ0n) is 26.2. The fourth-order valence-corrected chi connectivity index (χ4v) is 8.48. The molecule has 0 spiro atoms. The van der Waals surface area contributed by atoms with Crippen molar-refractivity contribution in [1.29, 1.82) is 0 Å². The van der Waals surface area contributed by atoms with Crippen LogP contribution in [0.15, 0.2) is 66.1 Å². The molecule has 6 rings (SSSR count). The second-order valence-electron chi connectivity index (χ2n) is 12.7. The topological polar surface area (TPSA) is 151 Å². The molecular formula is C32H32Cl2FN7O5S. The largest absolute Gasteiger partial charge is 0.389 e. The van der Waals surface area contributed by atoms with E-state index in [0.717, 1.165) is 4.31 Å². The number of amides is 2. The van der Waals surface area contributed by atoms with Gasteiger partial charge in [-0.05, 0) is 62.9 Å². The van der Waals surface area contributed by atoms with Gasteiger partial charge in [-0.15, -0.1) is 0 Å². The maximum atomic E-state index is 14.5. The second kappa shape index (κ2) is 12.5. The van der Waals surface area contributed by atoms with Crippen molar-refractivity contribution in [1.82, 2.24) is 29.1 Å². The van der Waals surface area contributed by atoms with Crippen molar-refractivity contribution in [2.45, 2.75) is 62.2 Å². The molecular weight excluding hydrogens is 684 g/mol. The van der Waals surface area contributed by atoms with Crippen LogP contribution in [-0.2, 0) is 31.6 Å². The van der Waals surface area contributed by atoms with Crippen molar-refractivity contribution in [3.05, 3.63) is 82.7 Å². The number of nitrogens with zero attached hydrogens (tertiary/aromatic N) is 6. The lowest BCUT2D eigenvalue weighted by Gasteiger charge is -2.29. The number of halogens is 3. The summed E-state index contributed by atoms with van der Waals surface area (Å²) < 4.78 is 44.6. The quantitative estimate of drug-likeness (QED) is 0.241. The van der Waals surface area contributed by atoms with Gasteiger partial charge in [-0.3, -0.25) is 14.2 Å². The predicted octanol–water partition coefficient (Wildman–Crippen LogP) is 4.46. The Kier molecular flexibility index (Phi) is 8.83. The number of carbonyl (C=O) groups excluding carboxylic acids is 2. The highest BCUT2D eigenvalue weighted by Crippen LogP contribution is 2.45. The molecule has 48 heavy (non-hydrogen) atoms. The van der Waals surface area contributed by atoms with Crippen LogP contribution < -0.4 is 10.2 Å². The summed E-state index contributed by atoms with van der Waals surface area (Å²) in [4.78, 5) is 40.6. The maximum absolute atomic E-state index is 14.5. The molecule has 16 heteroatoms. The molecule has 4 heterocycles. The van der Waals surface area contributed by atoms with E-state index in [2.05, 4.69) is 20.3 Å². The van der Waals surface area contributed by atoms with Crippen LogP contribution in [0.1, 0.15) is 39.2 Å². The summed E-state index contributed by atoms with van der Waals surface area (Å²) in [5.74, 6) is -0.959. The van der Waals surface area contributed by atoms with Gasteiger partial charge in [0.1, 0.15) is 11.6 Å². The Bertz CT molecular complexity index is 1980. The molecule has 4 aromatic rings. The SMILES string of the molecule is CC(C)(O)CNC(=O)[C@@H]1CCCN1S(=O)(=O)c1cnc2n1[C@](C)(Cc1ccc(-c3cnc(F)nc3)cc1)C(=O)N2c1cc(Cl)cc(Cl)c1.